The third kappa shape index (κ3) is 4.26. The van der Waals surface area contributed by atoms with E-state index in [1.807, 2.05) is 23.6 Å². The van der Waals surface area contributed by atoms with E-state index >= 15 is 0 Å². The number of amides is 1. The summed E-state index contributed by atoms with van der Waals surface area (Å²) in [7, 11) is 0. The van der Waals surface area contributed by atoms with Crippen molar-refractivity contribution in [1.29, 1.82) is 0 Å². The molecule has 9 heteroatoms. The molecular formula is C23H20N4O3S2. The van der Waals surface area contributed by atoms with Crippen molar-refractivity contribution in [3.05, 3.63) is 68.8 Å². The third-order valence-electron chi connectivity index (χ3n) is 5.35. The van der Waals surface area contributed by atoms with E-state index in [1.54, 1.807) is 18.5 Å². The van der Waals surface area contributed by atoms with Crippen LogP contribution in [0.25, 0.3) is 11.4 Å². The number of thiophene rings is 2. The Balaban J connectivity index is 1.30. The number of aryl methyl sites for hydroxylation is 2. The number of hydrogen-bond donors (Lipinski definition) is 1. The zero-order valence-electron chi connectivity index (χ0n) is 17.2. The summed E-state index contributed by atoms with van der Waals surface area (Å²) in [6.07, 6.45) is 7.86. The fourth-order valence-corrected chi connectivity index (χ4v) is 5.78. The molecule has 0 bridgehead atoms. The van der Waals surface area contributed by atoms with Crippen LogP contribution in [0, 0.1) is 0 Å². The number of anilines is 1. The highest BCUT2D eigenvalue weighted by atomic mass is 32.1. The van der Waals surface area contributed by atoms with Crippen molar-refractivity contribution in [2.45, 2.75) is 38.5 Å². The van der Waals surface area contributed by atoms with E-state index in [-0.39, 0.29) is 18.1 Å². The molecule has 162 valence electrons. The molecule has 7 nitrogen and oxygen atoms in total. The molecule has 1 aliphatic rings. The first kappa shape index (κ1) is 20.7. The van der Waals surface area contributed by atoms with Gasteiger partial charge in [0.15, 0.2) is 0 Å². The Hall–Kier alpha value is -3.17. The van der Waals surface area contributed by atoms with Crippen LogP contribution in [0.1, 0.15) is 50.8 Å². The van der Waals surface area contributed by atoms with Gasteiger partial charge in [0, 0.05) is 35.7 Å². The highest BCUT2D eigenvalue weighted by Crippen LogP contribution is 2.39. The average molecular weight is 465 g/mol. The van der Waals surface area contributed by atoms with Crippen LogP contribution in [-0.2, 0) is 24.1 Å². The molecule has 0 fully saturated rings. The van der Waals surface area contributed by atoms with Gasteiger partial charge >= 0.3 is 0 Å². The average Bonchev–Trinajstić information content (AvgIpc) is 3.58. The van der Waals surface area contributed by atoms with Gasteiger partial charge in [0.25, 0.3) is 0 Å². The van der Waals surface area contributed by atoms with E-state index in [9.17, 15) is 9.59 Å². The van der Waals surface area contributed by atoms with Gasteiger partial charge in [-0.05, 0) is 54.8 Å². The molecule has 0 atom stereocenters. The van der Waals surface area contributed by atoms with Gasteiger partial charge in [-0.2, -0.15) is 4.98 Å². The predicted molar refractivity (Wildman–Crippen MR) is 123 cm³/mol. The first-order valence-electron chi connectivity index (χ1n) is 10.4. The number of rotatable bonds is 7. The molecule has 4 aromatic heterocycles. The molecule has 4 aromatic rings. The molecular weight excluding hydrogens is 444 g/mol. The summed E-state index contributed by atoms with van der Waals surface area (Å²) in [5.41, 5.74) is 2.53. The standard InChI is InChI=1S/C23H20N4O3S2/c28-18(9-10-19-26-22(27-30-19)14-5-3-11-24-13-14)25-23-20(21(29)17-8-4-12-31-17)15-6-1-2-7-16(15)32-23/h3-5,8,11-13H,1-2,6-7,9-10H2,(H,25,28). The van der Waals surface area contributed by atoms with E-state index in [2.05, 4.69) is 20.4 Å². The molecule has 0 radical (unpaired) electrons. The van der Waals surface area contributed by atoms with Crippen LogP contribution in [0.3, 0.4) is 0 Å². The number of ketones is 1. The zero-order valence-corrected chi connectivity index (χ0v) is 18.8. The largest absolute Gasteiger partial charge is 0.339 e. The van der Waals surface area contributed by atoms with Crippen LogP contribution in [-0.4, -0.2) is 26.8 Å². The van der Waals surface area contributed by atoms with Gasteiger partial charge in [0.05, 0.1) is 10.4 Å². The molecule has 0 aliphatic heterocycles. The van der Waals surface area contributed by atoms with Crippen molar-refractivity contribution in [1.82, 2.24) is 15.1 Å². The maximum atomic E-state index is 13.2. The van der Waals surface area contributed by atoms with Gasteiger partial charge in [-0.3, -0.25) is 14.6 Å². The molecule has 32 heavy (non-hydrogen) atoms. The number of nitrogens with zero attached hydrogens (tertiary/aromatic N) is 3. The lowest BCUT2D eigenvalue weighted by molar-refractivity contribution is -0.116. The summed E-state index contributed by atoms with van der Waals surface area (Å²) in [6, 6.07) is 7.35. The van der Waals surface area contributed by atoms with E-state index in [0.717, 1.165) is 36.8 Å². The Morgan fingerprint density at radius 3 is 2.88 bits per heavy atom. The predicted octanol–water partition coefficient (Wildman–Crippen LogP) is 4.94. The number of carbonyl (C=O) groups is 2. The number of pyridine rings is 1. The number of hydrogen-bond acceptors (Lipinski definition) is 8. The molecule has 0 aromatic carbocycles. The first-order chi connectivity index (χ1) is 15.7. The quantitative estimate of drug-likeness (QED) is 0.389. The Bertz CT molecular complexity index is 1250. The zero-order chi connectivity index (χ0) is 21.9. The Morgan fingerprint density at radius 1 is 1.16 bits per heavy atom. The lowest BCUT2D eigenvalue weighted by atomic mass is 9.93. The summed E-state index contributed by atoms with van der Waals surface area (Å²) in [5.74, 6) is 0.653. The second-order valence-corrected chi connectivity index (χ2v) is 9.58. The van der Waals surface area contributed by atoms with Crippen molar-refractivity contribution in [3.8, 4) is 11.4 Å². The molecule has 1 amide bonds. The topological polar surface area (TPSA) is 98.0 Å². The van der Waals surface area contributed by atoms with Gasteiger partial charge in [0.1, 0.15) is 5.00 Å². The monoisotopic (exact) mass is 464 g/mol. The van der Waals surface area contributed by atoms with Crippen LogP contribution in [0.15, 0.2) is 46.6 Å². The highest BCUT2D eigenvalue weighted by molar-refractivity contribution is 7.17. The van der Waals surface area contributed by atoms with Crippen LogP contribution in [0.5, 0.6) is 0 Å². The molecule has 0 saturated carbocycles. The maximum Gasteiger partial charge on any atom is 0.227 e. The molecule has 4 heterocycles. The summed E-state index contributed by atoms with van der Waals surface area (Å²) >= 11 is 2.96. The number of fused-ring (bicyclic) bond motifs is 1. The smallest absolute Gasteiger partial charge is 0.227 e. The van der Waals surface area contributed by atoms with E-state index in [4.69, 9.17) is 4.52 Å². The third-order valence-corrected chi connectivity index (χ3v) is 7.43. The fourth-order valence-electron chi connectivity index (χ4n) is 3.80. The van der Waals surface area contributed by atoms with E-state index in [0.29, 0.717) is 33.6 Å². The summed E-state index contributed by atoms with van der Waals surface area (Å²) in [4.78, 5) is 36.2. The van der Waals surface area contributed by atoms with Crippen LogP contribution < -0.4 is 5.32 Å². The fraction of sp³-hybridized carbons (Fsp3) is 0.261. The van der Waals surface area contributed by atoms with Gasteiger partial charge in [-0.1, -0.05) is 11.2 Å². The SMILES string of the molecule is O=C(CCc1nc(-c2cccnc2)no1)Nc1sc2c(c1C(=O)c1cccs1)CCCC2. The molecule has 5 rings (SSSR count). The van der Waals surface area contributed by atoms with Gasteiger partial charge in [-0.15, -0.1) is 22.7 Å². The molecule has 0 unspecified atom stereocenters. The van der Waals surface area contributed by atoms with Crippen molar-refractivity contribution < 1.29 is 14.1 Å². The van der Waals surface area contributed by atoms with E-state index < -0.39 is 0 Å². The minimum atomic E-state index is -0.176. The van der Waals surface area contributed by atoms with Gasteiger partial charge < -0.3 is 9.84 Å². The lowest BCUT2D eigenvalue weighted by Gasteiger charge is -2.12. The first-order valence-corrected chi connectivity index (χ1v) is 12.1. The van der Waals surface area contributed by atoms with Crippen molar-refractivity contribution in [2.75, 3.05) is 5.32 Å². The summed E-state index contributed by atoms with van der Waals surface area (Å²) in [6.45, 7) is 0. The minimum Gasteiger partial charge on any atom is -0.339 e. The normalized spacial score (nSPS) is 13.0. The molecule has 1 aliphatic carbocycles. The Kier molecular flexibility index (Phi) is 5.91. The van der Waals surface area contributed by atoms with E-state index in [1.165, 1.54) is 27.6 Å². The molecule has 0 saturated heterocycles. The van der Waals surface area contributed by atoms with Crippen LogP contribution in [0.2, 0.25) is 0 Å². The van der Waals surface area contributed by atoms with Crippen LogP contribution >= 0.6 is 22.7 Å². The Morgan fingerprint density at radius 2 is 2.06 bits per heavy atom. The second-order valence-electron chi connectivity index (χ2n) is 7.52. The van der Waals surface area contributed by atoms with Crippen molar-refractivity contribution in [3.63, 3.8) is 0 Å². The summed E-state index contributed by atoms with van der Waals surface area (Å²) in [5, 5.41) is 9.49. The van der Waals surface area contributed by atoms with Crippen LogP contribution in [0.4, 0.5) is 5.00 Å². The molecule has 0 spiro atoms. The highest BCUT2D eigenvalue weighted by Gasteiger charge is 2.27. The number of aromatic nitrogens is 3. The number of nitrogens with one attached hydrogen (secondary N) is 1. The number of carbonyl (C=O) groups excluding carboxylic acids is 2. The maximum absolute atomic E-state index is 13.2. The van der Waals surface area contributed by atoms with Gasteiger partial charge in [0.2, 0.25) is 23.4 Å². The van der Waals surface area contributed by atoms with Crippen molar-refractivity contribution in [2.24, 2.45) is 0 Å². The minimum absolute atomic E-state index is 0.00675. The lowest BCUT2D eigenvalue weighted by Crippen LogP contribution is -2.15. The Labute approximate surface area is 192 Å². The van der Waals surface area contributed by atoms with Crippen molar-refractivity contribution >= 4 is 39.4 Å². The second kappa shape index (κ2) is 9.13. The van der Waals surface area contributed by atoms with Gasteiger partial charge in [-0.25, -0.2) is 0 Å². The molecule has 1 N–H and O–H groups in total. The summed E-state index contributed by atoms with van der Waals surface area (Å²) < 4.78 is 5.28.